The van der Waals surface area contributed by atoms with E-state index in [1.807, 2.05) is 16.5 Å². The van der Waals surface area contributed by atoms with Crippen molar-refractivity contribution < 1.29 is 86.3 Å². The number of piperidine rings is 1. The van der Waals surface area contributed by atoms with E-state index in [0.717, 1.165) is 19.9 Å². The van der Waals surface area contributed by atoms with Gasteiger partial charge in [0.2, 0.25) is 6.10 Å². The minimum absolute atomic E-state index is 0.0378. The molecule has 5 aliphatic rings. The van der Waals surface area contributed by atoms with Gasteiger partial charge in [0.05, 0.1) is 41.8 Å². The largest absolute Gasteiger partial charge is 0.462 e. The first-order valence-electron chi connectivity index (χ1n) is 27.8. The lowest BCUT2D eigenvalue weighted by molar-refractivity contribution is -0.671. The maximum atomic E-state index is 15.9. The van der Waals surface area contributed by atoms with E-state index in [4.69, 9.17) is 33.2 Å². The Balaban J connectivity index is 1.09. The van der Waals surface area contributed by atoms with Gasteiger partial charge in [-0.05, 0) is 73.6 Å². The van der Waals surface area contributed by atoms with Crippen LogP contribution in [-0.2, 0) is 64.2 Å². The summed E-state index contributed by atoms with van der Waals surface area (Å²) in [6, 6.07) is 26.1. The van der Waals surface area contributed by atoms with Crippen LogP contribution < -0.4 is 9.88 Å². The number of benzene rings is 3. The number of rotatable bonds is 16. The van der Waals surface area contributed by atoms with Crippen molar-refractivity contribution in [3.63, 3.8) is 0 Å². The molecule has 20 nitrogen and oxygen atoms in total. The molecule has 0 spiro atoms. The molecule has 4 fully saturated rings. The van der Waals surface area contributed by atoms with Crippen LogP contribution in [0.2, 0.25) is 0 Å². The van der Waals surface area contributed by atoms with E-state index in [1.54, 1.807) is 117 Å². The van der Waals surface area contributed by atoms with Gasteiger partial charge in [-0.25, -0.2) is 23.7 Å². The highest BCUT2D eigenvalue weighted by Crippen LogP contribution is 2.64. The van der Waals surface area contributed by atoms with Gasteiger partial charge in [0.25, 0.3) is 5.91 Å². The Bertz CT molecular complexity index is 3180. The number of nitrogens with one attached hydrogen (secondary N) is 1. The Morgan fingerprint density at radius 3 is 2.00 bits per heavy atom. The van der Waals surface area contributed by atoms with Gasteiger partial charge in [-0.1, -0.05) is 80.6 Å². The first-order valence-corrected chi connectivity index (χ1v) is 27.8. The van der Waals surface area contributed by atoms with Crippen LogP contribution in [0.1, 0.15) is 110 Å². The molecule has 2 bridgehead atoms. The number of Topliss-reactive ketones (excluding diaryl/α,β-unsaturated/α-hetero) is 1. The number of likely N-dealkylation sites (tertiary alicyclic amines) is 1. The number of nitrogens with zero attached hydrogens (tertiary/aromatic N) is 2. The van der Waals surface area contributed by atoms with E-state index >= 15 is 9.59 Å². The van der Waals surface area contributed by atoms with E-state index in [-0.39, 0.29) is 47.8 Å². The van der Waals surface area contributed by atoms with Crippen LogP contribution in [0.5, 0.6) is 0 Å². The molecule has 3 N–H and O–H groups in total. The summed E-state index contributed by atoms with van der Waals surface area (Å²) in [7, 11) is 1.85. The molecule has 11 atom stereocenters. The summed E-state index contributed by atoms with van der Waals surface area (Å²) in [5.41, 5.74) is -7.12. The number of aryl methyl sites for hydroxylation is 1. The van der Waals surface area contributed by atoms with Crippen molar-refractivity contribution in [2.45, 2.75) is 121 Å². The SMILES string of the molecule is CC(=O)O[C@H]1C(=O)[C@@]2(C)[C@H]([C@H](OC(=O)c3ccccc3)[C@]3(O)C[C@H](OC(=O)C(OC(=O)/C=C/N4CCC(COC(=O)c5cc[n+](C)cc5)CC4)[C@@H](NC(=O)c4ccccc4)c4ccccc4)C(C)=C1C3(C)C)[C@]1(OC(C)=O)CO[C@@H]1C[C@@H]2O. The molecule has 3 aliphatic carbocycles. The monoisotopic (exact) mass is 1140 g/mol. The van der Waals surface area contributed by atoms with Gasteiger partial charge < -0.3 is 53.6 Å². The van der Waals surface area contributed by atoms with E-state index in [1.165, 1.54) is 32.2 Å². The van der Waals surface area contributed by atoms with Crippen molar-refractivity contribution >= 4 is 47.5 Å². The fourth-order valence-electron chi connectivity index (χ4n) is 12.8. The third-order valence-corrected chi connectivity index (χ3v) is 17.4. The Morgan fingerprint density at radius 2 is 1.41 bits per heavy atom. The van der Waals surface area contributed by atoms with E-state index in [2.05, 4.69) is 5.32 Å². The predicted octanol–water partition coefficient (Wildman–Crippen LogP) is 5.19. The Hall–Kier alpha value is -8.07. The summed E-state index contributed by atoms with van der Waals surface area (Å²) in [6.07, 6.45) is -3.51. The molecule has 83 heavy (non-hydrogen) atoms. The molecule has 0 radical (unpaired) electrons. The second-order valence-corrected chi connectivity index (χ2v) is 22.9. The highest BCUT2D eigenvalue weighted by Gasteiger charge is 2.78. The van der Waals surface area contributed by atoms with Crippen LogP contribution in [0, 0.1) is 22.7 Å². The summed E-state index contributed by atoms with van der Waals surface area (Å²) in [6.45, 7) is 9.06. The molecule has 2 saturated carbocycles. The van der Waals surface area contributed by atoms with Crippen LogP contribution in [0.4, 0.5) is 0 Å². The maximum Gasteiger partial charge on any atom is 0.350 e. The van der Waals surface area contributed by atoms with Gasteiger partial charge in [-0.2, -0.15) is 0 Å². The molecule has 9 rings (SSSR count). The van der Waals surface area contributed by atoms with Crippen molar-refractivity contribution in [1.29, 1.82) is 0 Å². The minimum Gasteiger partial charge on any atom is -0.462 e. The topological polar surface area (TPSA) is 261 Å². The number of ketones is 1. The Labute approximate surface area is 480 Å². The lowest BCUT2D eigenvalue weighted by atomic mass is 9.44. The quantitative estimate of drug-likeness (QED) is 0.0428. The van der Waals surface area contributed by atoms with Crippen molar-refractivity contribution in [1.82, 2.24) is 10.2 Å². The van der Waals surface area contributed by atoms with Crippen molar-refractivity contribution in [2.75, 3.05) is 26.3 Å². The lowest BCUT2D eigenvalue weighted by Gasteiger charge is -2.67. The molecule has 20 heteroatoms. The third kappa shape index (κ3) is 11.7. The number of esters is 6. The Kier molecular flexibility index (Phi) is 17.2. The number of ether oxygens (including phenoxy) is 7. The first-order chi connectivity index (χ1) is 39.5. The Morgan fingerprint density at radius 1 is 0.807 bits per heavy atom. The molecule has 2 aliphatic heterocycles. The summed E-state index contributed by atoms with van der Waals surface area (Å²) in [4.78, 5) is 116. The summed E-state index contributed by atoms with van der Waals surface area (Å²) < 4.78 is 44.6. The van der Waals surface area contributed by atoms with E-state index in [9.17, 15) is 39.0 Å². The number of fused-ring (bicyclic) bond motifs is 5. The molecule has 2 saturated heterocycles. The molecular formula is C63H70N3O17+. The number of aliphatic hydroxyl groups is 2. The fourth-order valence-corrected chi connectivity index (χ4v) is 12.8. The number of pyridine rings is 1. The van der Waals surface area contributed by atoms with Crippen LogP contribution >= 0.6 is 0 Å². The molecule has 3 aromatic carbocycles. The standard InChI is InChI=1S/C63H69N3O17/c1-37-45(34-63(76)55(82-58(74)43-21-15-10-16-22-43)53-61(6,46(69)33-47-62(53,36-78-47)83-39(3)68)54(71)51(79-38(2)67)49(37)60(63,4)5)80-59(75)52(50(41-17-11-8-12-18-41)64-56(72)42-19-13-9-14-20-42)81-48(70)27-32-66-30-23-40(24-31-66)35-77-57(73)44-25-28-65(7)29-26-44/h8-22,25-29,32,40,45-47,50-53,55,69,76H,23-24,30-31,33-36H2,1-7H3/p+1/b32-27+/t45-,46-,47+,50-,51+,52?,53-,55-,61+,62-,63+/m0/s1. The van der Waals surface area contributed by atoms with Crippen molar-refractivity contribution in [3.8, 4) is 0 Å². The number of carbonyl (C=O) groups is 8. The summed E-state index contributed by atoms with van der Waals surface area (Å²) in [5, 5.41) is 29.2. The minimum atomic E-state index is -2.49. The highest BCUT2D eigenvalue weighted by molar-refractivity contribution is 5.97. The van der Waals surface area contributed by atoms with Crippen LogP contribution in [-0.4, -0.2) is 137 Å². The molecular weight excluding hydrogens is 1070 g/mol. The van der Waals surface area contributed by atoms with Gasteiger partial charge in [0.1, 0.15) is 37.0 Å². The average Bonchev–Trinajstić information content (AvgIpc) is 1.53. The summed E-state index contributed by atoms with van der Waals surface area (Å²) in [5.74, 6) is -8.48. The number of aliphatic hydroxyl groups excluding tert-OH is 1. The predicted molar refractivity (Wildman–Crippen MR) is 293 cm³/mol. The van der Waals surface area contributed by atoms with Gasteiger partial charge in [-0.3, -0.25) is 19.2 Å². The molecule has 3 heterocycles. The zero-order valence-corrected chi connectivity index (χ0v) is 47.4. The van der Waals surface area contributed by atoms with Crippen molar-refractivity contribution in [3.05, 3.63) is 161 Å². The number of carbonyl (C=O) groups excluding carboxylic acids is 8. The van der Waals surface area contributed by atoms with Crippen LogP contribution in [0.25, 0.3) is 0 Å². The number of amides is 1. The first kappa shape index (κ1) is 59.5. The maximum absolute atomic E-state index is 15.9. The highest BCUT2D eigenvalue weighted by atomic mass is 16.6. The van der Waals surface area contributed by atoms with Gasteiger partial charge in [0, 0.05) is 75.2 Å². The normalized spacial score (nSPS) is 28.1. The van der Waals surface area contributed by atoms with Gasteiger partial charge in [-0.15, -0.1) is 0 Å². The molecule has 438 valence electrons. The fraction of sp³-hybridized carbons (Fsp3) is 0.444. The molecule has 4 aromatic rings. The van der Waals surface area contributed by atoms with Crippen LogP contribution in [0.3, 0.4) is 0 Å². The van der Waals surface area contributed by atoms with E-state index in [0.29, 0.717) is 37.1 Å². The van der Waals surface area contributed by atoms with E-state index < -0.39 is 125 Å². The van der Waals surface area contributed by atoms with Crippen molar-refractivity contribution in [2.24, 2.45) is 29.7 Å². The zero-order chi connectivity index (χ0) is 59.6. The molecule has 1 unspecified atom stereocenters. The number of hydrogen-bond donors (Lipinski definition) is 3. The van der Waals surface area contributed by atoms with Gasteiger partial charge in [0.15, 0.2) is 29.9 Å². The van der Waals surface area contributed by atoms with Crippen LogP contribution in [0.15, 0.2) is 139 Å². The average molecular weight is 1140 g/mol. The molecule has 1 amide bonds. The third-order valence-electron chi connectivity index (χ3n) is 17.4. The number of aromatic nitrogens is 1. The second kappa shape index (κ2) is 24.0. The second-order valence-electron chi connectivity index (χ2n) is 22.9. The smallest absolute Gasteiger partial charge is 0.350 e. The number of hydrogen-bond acceptors (Lipinski definition) is 18. The van der Waals surface area contributed by atoms with Gasteiger partial charge >= 0.3 is 35.8 Å². The summed E-state index contributed by atoms with van der Waals surface area (Å²) >= 11 is 0. The molecule has 1 aromatic heterocycles. The lowest BCUT2D eigenvalue weighted by Crippen LogP contribution is -2.82. The zero-order valence-electron chi connectivity index (χ0n) is 47.4.